The van der Waals surface area contributed by atoms with Crippen molar-refractivity contribution in [2.24, 2.45) is 4.99 Å². The van der Waals surface area contributed by atoms with Crippen molar-refractivity contribution in [2.45, 2.75) is 37.8 Å². The van der Waals surface area contributed by atoms with Crippen molar-refractivity contribution in [3.63, 3.8) is 0 Å². The Kier molecular flexibility index (Phi) is 1.92. The molecule has 1 atom stereocenters. The Hall–Kier alpha value is -1.60. The molecule has 3 heteroatoms. The van der Waals surface area contributed by atoms with E-state index in [1.807, 2.05) is 6.07 Å². The molecule has 0 aromatic heterocycles. The molecule has 1 fully saturated rings. The molecular weight excluding hydrogens is 202 g/mol. The maximum absolute atomic E-state index is 10.4. The zero-order chi connectivity index (χ0) is 11.2. The minimum atomic E-state index is -0.286. The highest BCUT2D eigenvalue weighted by molar-refractivity contribution is 5.47. The van der Waals surface area contributed by atoms with Crippen LogP contribution in [-0.4, -0.2) is 12.2 Å². The van der Waals surface area contributed by atoms with E-state index in [1.54, 1.807) is 6.08 Å². The standard InChI is InChI=1S/C13H13NO2/c1-9-6-10-2-3-11(7-12(10)16-9)13(4-5-13)14-8-15/h2-3,7,9H,4-6H2,1H3. The summed E-state index contributed by atoms with van der Waals surface area (Å²) in [6.07, 6.45) is 4.79. The molecule has 1 aromatic carbocycles. The molecule has 3 rings (SSSR count). The summed E-state index contributed by atoms with van der Waals surface area (Å²) >= 11 is 0. The molecule has 1 aliphatic heterocycles. The molecule has 1 saturated carbocycles. The van der Waals surface area contributed by atoms with Crippen LogP contribution in [0.25, 0.3) is 0 Å². The lowest BCUT2D eigenvalue weighted by atomic mass is 10.0. The first-order chi connectivity index (χ1) is 7.73. The topological polar surface area (TPSA) is 38.7 Å². The van der Waals surface area contributed by atoms with Crippen molar-refractivity contribution in [1.29, 1.82) is 0 Å². The van der Waals surface area contributed by atoms with Crippen LogP contribution in [0.15, 0.2) is 23.2 Å². The van der Waals surface area contributed by atoms with Gasteiger partial charge in [-0.1, -0.05) is 12.1 Å². The van der Waals surface area contributed by atoms with Gasteiger partial charge < -0.3 is 4.74 Å². The molecule has 0 saturated heterocycles. The number of nitrogens with zero attached hydrogens (tertiary/aromatic N) is 1. The third-order valence-electron chi connectivity index (χ3n) is 3.42. The SMILES string of the molecule is CC1Cc2ccc(C3(N=C=O)CC3)cc2O1. The van der Waals surface area contributed by atoms with Gasteiger partial charge in [-0.3, -0.25) is 0 Å². The second kappa shape index (κ2) is 3.19. The second-order valence-corrected chi connectivity index (χ2v) is 4.69. The minimum absolute atomic E-state index is 0.259. The van der Waals surface area contributed by atoms with Gasteiger partial charge in [-0.05, 0) is 37.0 Å². The monoisotopic (exact) mass is 215 g/mol. The van der Waals surface area contributed by atoms with E-state index < -0.39 is 0 Å². The van der Waals surface area contributed by atoms with Crippen LogP contribution in [-0.2, 0) is 16.8 Å². The molecule has 2 aliphatic rings. The maximum Gasteiger partial charge on any atom is 0.235 e. The van der Waals surface area contributed by atoms with Crippen LogP contribution in [0.1, 0.15) is 30.9 Å². The molecule has 3 nitrogen and oxygen atoms in total. The number of ether oxygens (including phenoxy) is 1. The van der Waals surface area contributed by atoms with Crippen molar-refractivity contribution >= 4 is 6.08 Å². The van der Waals surface area contributed by atoms with Crippen LogP contribution in [0.2, 0.25) is 0 Å². The van der Waals surface area contributed by atoms with Crippen LogP contribution in [0.3, 0.4) is 0 Å². The number of fused-ring (bicyclic) bond motifs is 1. The first kappa shape index (κ1) is 9.61. The van der Waals surface area contributed by atoms with E-state index in [4.69, 9.17) is 4.74 Å². The van der Waals surface area contributed by atoms with Crippen LogP contribution < -0.4 is 4.74 Å². The fourth-order valence-corrected chi connectivity index (χ4v) is 2.36. The molecule has 1 aromatic rings. The number of isocyanates is 1. The van der Waals surface area contributed by atoms with E-state index in [2.05, 4.69) is 24.0 Å². The van der Waals surface area contributed by atoms with Gasteiger partial charge in [-0.25, -0.2) is 4.79 Å². The Labute approximate surface area is 94.1 Å². The Morgan fingerprint density at radius 2 is 2.31 bits per heavy atom. The molecule has 16 heavy (non-hydrogen) atoms. The fraction of sp³-hybridized carbons (Fsp3) is 0.462. The second-order valence-electron chi connectivity index (χ2n) is 4.69. The van der Waals surface area contributed by atoms with E-state index >= 15 is 0 Å². The summed E-state index contributed by atoms with van der Waals surface area (Å²) in [5.74, 6) is 0.956. The minimum Gasteiger partial charge on any atom is -0.490 e. The van der Waals surface area contributed by atoms with Crippen LogP contribution >= 0.6 is 0 Å². The summed E-state index contributed by atoms with van der Waals surface area (Å²) in [5.41, 5.74) is 2.05. The van der Waals surface area contributed by atoms with E-state index in [9.17, 15) is 4.79 Å². The van der Waals surface area contributed by atoms with Crippen molar-refractivity contribution in [3.05, 3.63) is 29.3 Å². The van der Waals surface area contributed by atoms with Crippen molar-refractivity contribution in [1.82, 2.24) is 0 Å². The predicted octanol–water partition coefficient (Wildman–Crippen LogP) is 2.33. The van der Waals surface area contributed by atoms with Crippen molar-refractivity contribution in [3.8, 4) is 5.75 Å². The number of hydrogen-bond donors (Lipinski definition) is 0. The number of benzene rings is 1. The van der Waals surface area contributed by atoms with E-state index in [-0.39, 0.29) is 11.6 Å². The molecule has 1 heterocycles. The highest BCUT2D eigenvalue weighted by Crippen LogP contribution is 2.50. The van der Waals surface area contributed by atoms with Gasteiger partial charge in [0.2, 0.25) is 6.08 Å². The van der Waals surface area contributed by atoms with Gasteiger partial charge >= 0.3 is 0 Å². The first-order valence-electron chi connectivity index (χ1n) is 5.63. The Bertz CT molecular complexity index is 485. The molecule has 0 N–H and O–H groups in total. The molecule has 0 spiro atoms. The average molecular weight is 215 g/mol. The Morgan fingerprint density at radius 3 is 3.00 bits per heavy atom. The van der Waals surface area contributed by atoms with Gasteiger partial charge in [-0.2, -0.15) is 4.99 Å². The average Bonchev–Trinajstić information content (AvgIpc) is 2.93. The first-order valence-corrected chi connectivity index (χ1v) is 5.63. The zero-order valence-corrected chi connectivity index (χ0v) is 9.19. The lowest BCUT2D eigenvalue weighted by Gasteiger charge is -2.09. The van der Waals surface area contributed by atoms with Gasteiger partial charge in [0.1, 0.15) is 11.9 Å². The summed E-state index contributed by atoms with van der Waals surface area (Å²) in [4.78, 5) is 14.3. The van der Waals surface area contributed by atoms with Gasteiger partial charge in [0.25, 0.3) is 0 Å². The summed E-state index contributed by atoms with van der Waals surface area (Å²) in [6.45, 7) is 2.07. The number of hydrogen-bond acceptors (Lipinski definition) is 3. The van der Waals surface area contributed by atoms with Crippen LogP contribution in [0.4, 0.5) is 0 Å². The maximum atomic E-state index is 10.4. The molecule has 82 valence electrons. The highest BCUT2D eigenvalue weighted by Gasteiger charge is 2.45. The van der Waals surface area contributed by atoms with Gasteiger partial charge in [0, 0.05) is 6.42 Å². The third kappa shape index (κ3) is 1.36. The lowest BCUT2D eigenvalue weighted by Crippen LogP contribution is -2.05. The largest absolute Gasteiger partial charge is 0.490 e. The quantitative estimate of drug-likeness (QED) is 0.561. The van der Waals surface area contributed by atoms with E-state index in [0.29, 0.717) is 0 Å². The van der Waals surface area contributed by atoms with Crippen molar-refractivity contribution < 1.29 is 9.53 Å². The van der Waals surface area contributed by atoms with E-state index in [1.165, 1.54) is 5.56 Å². The fourth-order valence-electron chi connectivity index (χ4n) is 2.36. The smallest absolute Gasteiger partial charge is 0.235 e. The molecule has 0 amide bonds. The van der Waals surface area contributed by atoms with E-state index in [0.717, 1.165) is 30.6 Å². The summed E-state index contributed by atoms with van der Waals surface area (Å²) in [7, 11) is 0. The molecule has 0 bridgehead atoms. The van der Waals surface area contributed by atoms with Crippen molar-refractivity contribution in [2.75, 3.05) is 0 Å². The Morgan fingerprint density at radius 1 is 1.50 bits per heavy atom. The van der Waals surface area contributed by atoms with Crippen LogP contribution in [0, 0.1) is 0 Å². The summed E-state index contributed by atoms with van der Waals surface area (Å²) < 4.78 is 5.71. The number of carbonyl (C=O) groups excluding carboxylic acids is 1. The zero-order valence-electron chi connectivity index (χ0n) is 9.19. The lowest BCUT2D eigenvalue weighted by molar-refractivity contribution is 0.254. The van der Waals surface area contributed by atoms with Gasteiger partial charge in [0.05, 0.1) is 5.54 Å². The highest BCUT2D eigenvalue weighted by atomic mass is 16.5. The molecule has 1 unspecified atom stereocenters. The normalized spacial score (nSPS) is 24.2. The van der Waals surface area contributed by atoms with Gasteiger partial charge in [-0.15, -0.1) is 0 Å². The molecule has 0 radical (unpaired) electrons. The third-order valence-corrected chi connectivity index (χ3v) is 3.42. The molecule has 1 aliphatic carbocycles. The predicted molar refractivity (Wildman–Crippen MR) is 59.3 cm³/mol. The summed E-state index contributed by atoms with van der Waals surface area (Å²) in [5, 5.41) is 0. The number of aliphatic imine (C=N–C) groups is 1. The van der Waals surface area contributed by atoms with Gasteiger partial charge in [0.15, 0.2) is 0 Å². The van der Waals surface area contributed by atoms with Crippen LogP contribution in [0.5, 0.6) is 5.75 Å². The Balaban J connectivity index is 2.00. The summed E-state index contributed by atoms with van der Waals surface area (Å²) in [6, 6.07) is 6.19. The molecular formula is C13H13NO2. The number of rotatable bonds is 2.